The molecule has 3 aliphatic rings. The summed E-state index contributed by atoms with van der Waals surface area (Å²) >= 11 is 0.934. The van der Waals surface area contributed by atoms with Crippen molar-refractivity contribution < 1.29 is 18.9 Å². The maximum absolute atomic E-state index is 13.4. The number of nitrogens with one attached hydrogen (secondary N) is 2. The molecular formula is C20H22N4O4S2. The largest absolute Gasteiger partial charge is 0.383 e. The number of urea groups is 1. The number of aliphatic hydroxyl groups is 1. The molecular weight excluding hydrogens is 424 g/mol. The molecule has 10 heteroatoms. The van der Waals surface area contributed by atoms with Crippen molar-refractivity contribution in [3.05, 3.63) is 39.0 Å². The summed E-state index contributed by atoms with van der Waals surface area (Å²) in [4.78, 5) is 29.2. The number of hydrogen-bond donors (Lipinski definition) is 3. The Morgan fingerprint density at radius 2 is 1.80 bits per heavy atom. The Morgan fingerprint density at radius 3 is 2.40 bits per heavy atom. The zero-order chi connectivity index (χ0) is 21.3. The Balaban J connectivity index is 1.46. The zero-order valence-corrected chi connectivity index (χ0v) is 18.3. The summed E-state index contributed by atoms with van der Waals surface area (Å²) in [6.07, 6.45) is 5.93. The highest BCUT2D eigenvalue weighted by molar-refractivity contribution is 7.95. The van der Waals surface area contributed by atoms with E-state index in [0.717, 1.165) is 66.7 Å². The van der Waals surface area contributed by atoms with E-state index in [1.807, 2.05) is 0 Å². The molecule has 0 spiro atoms. The van der Waals surface area contributed by atoms with Gasteiger partial charge in [0.25, 0.3) is 0 Å². The fourth-order valence-corrected chi connectivity index (χ4v) is 7.35. The third kappa shape index (κ3) is 3.05. The molecule has 0 saturated carbocycles. The number of rotatable bonds is 3. The van der Waals surface area contributed by atoms with Gasteiger partial charge in [0.15, 0.2) is 19.8 Å². The molecule has 0 fully saturated rings. The summed E-state index contributed by atoms with van der Waals surface area (Å²) in [6.45, 7) is 3.06. The maximum Gasteiger partial charge on any atom is 0.332 e. The molecule has 158 valence electrons. The summed E-state index contributed by atoms with van der Waals surface area (Å²) in [7, 11) is -3.49. The van der Waals surface area contributed by atoms with Crippen LogP contribution in [0.25, 0.3) is 0 Å². The van der Waals surface area contributed by atoms with Crippen molar-refractivity contribution in [1.29, 1.82) is 0 Å². The van der Waals surface area contributed by atoms with E-state index in [1.54, 1.807) is 0 Å². The lowest BCUT2D eigenvalue weighted by Crippen LogP contribution is -2.34. The van der Waals surface area contributed by atoms with E-state index in [2.05, 4.69) is 25.5 Å². The second-order valence-electron chi connectivity index (χ2n) is 8.43. The lowest BCUT2D eigenvalue weighted by Gasteiger charge is -2.17. The summed E-state index contributed by atoms with van der Waals surface area (Å²) in [5.74, 6) is -0.747. The lowest BCUT2D eigenvalue weighted by atomic mass is 9.99. The van der Waals surface area contributed by atoms with Crippen molar-refractivity contribution in [2.24, 2.45) is 4.36 Å². The highest BCUT2D eigenvalue weighted by Crippen LogP contribution is 2.39. The standard InChI is InChI=1S/C20H22N4O4S2/c1-20(2,27)18-21-15-16(25)23-30(28,17(15)29-18)24-19(26)22-14-12-7-3-5-10(12)9-11-6-4-8-13(11)14/h9,27H,3-8H2,1-2H3,(H2,22,23,24,25,26,28). The van der Waals surface area contributed by atoms with Crippen LogP contribution in [0.5, 0.6) is 0 Å². The van der Waals surface area contributed by atoms with E-state index in [0.29, 0.717) is 0 Å². The van der Waals surface area contributed by atoms with Crippen molar-refractivity contribution in [1.82, 2.24) is 9.71 Å². The molecule has 1 aromatic carbocycles. The smallest absolute Gasteiger partial charge is 0.332 e. The fraction of sp³-hybridized carbons (Fsp3) is 0.450. The monoisotopic (exact) mass is 446 g/mol. The van der Waals surface area contributed by atoms with Gasteiger partial charge in [0.2, 0.25) is 0 Å². The molecule has 3 N–H and O–H groups in total. The van der Waals surface area contributed by atoms with Crippen LogP contribution in [0.1, 0.15) is 64.4 Å². The van der Waals surface area contributed by atoms with Crippen molar-refractivity contribution in [2.45, 2.75) is 62.2 Å². The van der Waals surface area contributed by atoms with Gasteiger partial charge in [0, 0.05) is 5.69 Å². The van der Waals surface area contributed by atoms with Crippen LogP contribution in [0.3, 0.4) is 0 Å². The van der Waals surface area contributed by atoms with Gasteiger partial charge in [-0.05, 0) is 74.6 Å². The van der Waals surface area contributed by atoms with Crippen molar-refractivity contribution in [3.63, 3.8) is 0 Å². The third-order valence-electron chi connectivity index (χ3n) is 5.73. The number of aryl methyl sites for hydroxylation is 2. The second kappa shape index (κ2) is 6.60. The Kier molecular flexibility index (Phi) is 4.32. The van der Waals surface area contributed by atoms with Gasteiger partial charge in [0.05, 0.1) is 0 Å². The summed E-state index contributed by atoms with van der Waals surface area (Å²) in [5, 5.41) is 13.3. The predicted octanol–water partition coefficient (Wildman–Crippen LogP) is 3.07. The quantitative estimate of drug-likeness (QED) is 0.669. The minimum atomic E-state index is -3.49. The van der Waals surface area contributed by atoms with Crippen LogP contribution in [0, 0.1) is 0 Å². The lowest BCUT2D eigenvalue weighted by molar-refractivity contribution is 0.0780. The molecule has 0 radical (unpaired) electrons. The molecule has 2 heterocycles. The van der Waals surface area contributed by atoms with Gasteiger partial charge < -0.3 is 10.4 Å². The number of carbonyl (C=O) groups excluding carboxylic acids is 2. The first-order valence-corrected chi connectivity index (χ1v) is 12.3. The minimum Gasteiger partial charge on any atom is -0.383 e. The van der Waals surface area contributed by atoms with E-state index in [9.17, 15) is 18.9 Å². The first-order chi connectivity index (χ1) is 14.2. The van der Waals surface area contributed by atoms with E-state index >= 15 is 0 Å². The highest BCUT2D eigenvalue weighted by atomic mass is 32.2. The van der Waals surface area contributed by atoms with Crippen molar-refractivity contribution in [3.8, 4) is 0 Å². The normalized spacial score (nSPS) is 21.8. The molecule has 2 aromatic rings. The molecule has 30 heavy (non-hydrogen) atoms. The Morgan fingerprint density at radius 1 is 1.17 bits per heavy atom. The van der Waals surface area contributed by atoms with Crippen LogP contribution < -0.4 is 10.0 Å². The molecule has 0 bridgehead atoms. The van der Waals surface area contributed by atoms with Gasteiger partial charge >= 0.3 is 11.9 Å². The second-order valence-corrected chi connectivity index (χ2v) is 11.5. The Labute approximate surface area is 178 Å². The number of aromatic nitrogens is 1. The van der Waals surface area contributed by atoms with Gasteiger partial charge in [-0.3, -0.25) is 4.79 Å². The molecule has 1 unspecified atom stereocenters. The highest BCUT2D eigenvalue weighted by Gasteiger charge is 2.38. The van der Waals surface area contributed by atoms with Crippen LogP contribution in [0.4, 0.5) is 10.5 Å². The number of amides is 3. The molecule has 1 aromatic heterocycles. The zero-order valence-electron chi connectivity index (χ0n) is 16.7. The predicted molar refractivity (Wildman–Crippen MR) is 113 cm³/mol. The van der Waals surface area contributed by atoms with Crippen LogP contribution in [-0.2, 0) is 41.2 Å². The van der Waals surface area contributed by atoms with Gasteiger partial charge in [-0.15, -0.1) is 15.7 Å². The van der Waals surface area contributed by atoms with E-state index in [-0.39, 0.29) is 14.9 Å². The molecule has 5 rings (SSSR count). The maximum atomic E-state index is 13.4. The molecule has 8 nitrogen and oxygen atoms in total. The fourth-order valence-electron chi connectivity index (χ4n) is 4.39. The van der Waals surface area contributed by atoms with Crippen molar-refractivity contribution >= 4 is 38.9 Å². The number of hydrogen-bond acceptors (Lipinski definition) is 6. The van der Waals surface area contributed by atoms with Crippen LogP contribution >= 0.6 is 11.3 Å². The van der Waals surface area contributed by atoms with Gasteiger partial charge in [-0.25, -0.2) is 18.7 Å². The van der Waals surface area contributed by atoms with E-state index in [1.165, 1.54) is 25.0 Å². The first kappa shape index (κ1) is 19.7. The van der Waals surface area contributed by atoms with Crippen LogP contribution in [-0.4, -0.2) is 26.2 Å². The Bertz CT molecular complexity index is 1200. The van der Waals surface area contributed by atoms with E-state index < -0.39 is 27.5 Å². The van der Waals surface area contributed by atoms with Crippen LogP contribution in [0.15, 0.2) is 14.6 Å². The summed E-state index contributed by atoms with van der Waals surface area (Å²) < 4.78 is 19.5. The molecule has 3 amide bonds. The van der Waals surface area contributed by atoms with Crippen molar-refractivity contribution in [2.75, 3.05) is 5.32 Å². The number of benzene rings is 1. The molecule has 1 atom stereocenters. The summed E-state index contributed by atoms with van der Waals surface area (Å²) in [5.41, 5.74) is 4.33. The molecule has 1 aliphatic heterocycles. The number of carbonyl (C=O) groups is 2. The third-order valence-corrected chi connectivity index (χ3v) is 9.40. The number of fused-ring (bicyclic) bond motifs is 3. The Hall–Kier alpha value is -2.30. The average Bonchev–Trinajstić information content (AvgIpc) is 3.40. The minimum absolute atomic E-state index is 0.0658. The van der Waals surface area contributed by atoms with E-state index in [4.69, 9.17) is 0 Å². The van der Waals surface area contributed by atoms with Gasteiger partial charge in [0.1, 0.15) is 10.6 Å². The average molecular weight is 447 g/mol. The number of anilines is 1. The van der Waals surface area contributed by atoms with Gasteiger partial charge in [-0.2, -0.15) is 0 Å². The topological polar surface area (TPSA) is 121 Å². The molecule has 2 aliphatic carbocycles. The van der Waals surface area contributed by atoms with Crippen LogP contribution in [0.2, 0.25) is 0 Å². The number of thiazole rings is 1. The molecule has 0 saturated heterocycles. The first-order valence-electron chi connectivity index (χ1n) is 9.96. The number of nitrogens with zero attached hydrogens (tertiary/aromatic N) is 2. The summed E-state index contributed by atoms with van der Waals surface area (Å²) in [6, 6.07) is 1.61. The SMILES string of the molecule is CC(C)(O)c1nc2c(s1)S(=O)(NC(=O)Nc1c3c(cc4c1CCC4)CCC3)=NC2=O. The van der Waals surface area contributed by atoms with Gasteiger partial charge in [-0.1, -0.05) is 6.07 Å².